The summed E-state index contributed by atoms with van der Waals surface area (Å²) in [4.78, 5) is 9.65. The van der Waals surface area contributed by atoms with E-state index in [9.17, 15) is 4.91 Å². The van der Waals surface area contributed by atoms with Gasteiger partial charge in [0.2, 0.25) is 0 Å². The molecule has 0 saturated carbocycles. The van der Waals surface area contributed by atoms with E-state index in [0.29, 0.717) is 0 Å². The number of allylic oxidation sites excluding steroid dienone is 2. The van der Waals surface area contributed by atoms with Gasteiger partial charge in [0.1, 0.15) is 6.04 Å². The van der Waals surface area contributed by atoms with Crippen molar-refractivity contribution in [3.05, 3.63) is 29.2 Å². The van der Waals surface area contributed by atoms with Crippen molar-refractivity contribution >= 4 is 0 Å². The molecule has 0 saturated heterocycles. The normalized spacial score (nSPS) is 18.3. The first kappa shape index (κ1) is 4.24. The monoisotopic (exact) mass is 95.0 g/mol. The number of nitroso groups, excluding NO2 is 1. The van der Waals surface area contributed by atoms with Crippen molar-refractivity contribution in [3.8, 4) is 0 Å². The first-order valence-corrected chi connectivity index (χ1v) is 2.11. The highest BCUT2D eigenvalue weighted by atomic mass is 16.3. The van der Waals surface area contributed by atoms with Gasteiger partial charge >= 0.3 is 0 Å². The Morgan fingerprint density at radius 1 is 1.29 bits per heavy atom. The number of hydrogen-bond donors (Lipinski definition) is 0. The fourth-order valence-electron chi connectivity index (χ4n) is 0.490. The lowest BCUT2D eigenvalue weighted by Gasteiger charge is -1.82. The van der Waals surface area contributed by atoms with Crippen molar-refractivity contribution in [1.29, 1.82) is 0 Å². The molecular formula is C5H5NO. The SMILES string of the molecule is O=NC1C=CC=C1. The van der Waals surface area contributed by atoms with Gasteiger partial charge in [-0.2, -0.15) is 0 Å². The van der Waals surface area contributed by atoms with Crippen LogP contribution >= 0.6 is 0 Å². The minimum Gasteiger partial charge on any atom is -0.150 e. The van der Waals surface area contributed by atoms with Gasteiger partial charge in [-0.15, -0.1) is 4.91 Å². The lowest BCUT2D eigenvalue weighted by atomic mass is 10.4. The summed E-state index contributed by atoms with van der Waals surface area (Å²) in [5, 5.41) is 2.76. The molecule has 1 rings (SSSR count). The second-order valence-electron chi connectivity index (χ2n) is 1.37. The number of nitrogens with zero attached hydrogens (tertiary/aromatic N) is 1. The molecule has 0 fully saturated rings. The van der Waals surface area contributed by atoms with E-state index in [1.165, 1.54) is 0 Å². The van der Waals surface area contributed by atoms with E-state index in [0.717, 1.165) is 0 Å². The van der Waals surface area contributed by atoms with Gasteiger partial charge in [0.25, 0.3) is 0 Å². The van der Waals surface area contributed by atoms with Gasteiger partial charge in [-0.05, 0) is 0 Å². The van der Waals surface area contributed by atoms with E-state index in [1.807, 2.05) is 12.2 Å². The average Bonchev–Trinajstić information content (AvgIpc) is 2.14. The summed E-state index contributed by atoms with van der Waals surface area (Å²) < 4.78 is 0. The molecule has 0 heterocycles. The van der Waals surface area contributed by atoms with Gasteiger partial charge in [-0.1, -0.05) is 29.5 Å². The molecule has 0 bridgehead atoms. The van der Waals surface area contributed by atoms with Gasteiger partial charge < -0.3 is 0 Å². The van der Waals surface area contributed by atoms with Crippen LogP contribution in [0.15, 0.2) is 29.5 Å². The molecule has 1 aliphatic rings. The molecule has 2 heteroatoms. The Hall–Kier alpha value is -0.920. The van der Waals surface area contributed by atoms with Crippen LogP contribution in [0.25, 0.3) is 0 Å². The fraction of sp³-hybridized carbons (Fsp3) is 0.200. The Bertz CT molecular complexity index is 114. The highest BCUT2D eigenvalue weighted by Gasteiger charge is 1.98. The highest BCUT2D eigenvalue weighted by molar-refractivity contribution is 5.21. The third-order valence-electron chi connectivity index (χ3n) is 0.849. The van der Waals surface area contributed by atoms with Crippen LogP contribution in [0.3, 0.4) is 0 Å². The maximum atomic E-state index is 9.65. The molecule has 0 aliphatic heterocycles. The maximum Gasteiger partial charge on any atom is 0.129 e. The van der Waals surface area contributed by atoms with E-state index in [1.54, 1.807) is 12.2 Å². The first-order chi connectivity index (χ1) is 3.43. The zero-order valence-electron chi connectivity index (χ0n) is 3.74. The molecule has 1 aliphatic carbocycles. The third-order valence-corrected chi connectivity index (χ3v) is 0.849. The van der Waals surface area contributed by atoms with Crippen LogP contribution in [-0.4, -0.2) is 6.04 Å². The summed E-state index contributed by atoms with van der Waals surface area (Å²) in [6.45, 7) is 0. The van der Waals surface area contributed by atoms with Gasteiger partial charge in [0.15, 0.2) is 0 Å². The van der Waals surface area contributed by atoms with Crippen LogP contribution in [0.1, 0.15) is 0 Å². The van der Waals surface area contributed by atoms with Crippen molar-refractivity contribution in [2.45, 2.75) is 6.04 Å². The molecule has 0 aromatic carbocycles. The Kier molecular flexibility index (Phi) is 1.02. The zero-order valence-corrected chi connectivity index (χ0v) is 3.74. The minimum absolute atomic E-state index is 0.194. The first-order valence-electron chi connectivity index (χ1n) is 2.11. The van der Waals surface area contributed by atoms with Crippen molar-refractivity contribution in [1.82, 2.24) is 0 Å². The fourth-order valence-corrected chi connectivity index (χ4v) is 0.490. The quantitative estimate of drug-likeness (QED) is 0.450. The van der Waals surface area contributed by atoms with Crippen LogP contribution in [0.2, 0.25) is 0 Å². The summed E-state index contributed by atoms with van der Waals surface area (Å²) in [6.07, 6.45) is 7.11. The van der Waals surface area contributed by atoms with Crippen molar-refractivity contribution < 1.29 is 0 Å². The summed E-state index contributed by atoms with van der Waals surface area (Å²) >= 11 is 0. The molecule has 0 aromatic heterocycles. The van der Waals surface area contributed by atoms with Crippen LogP contribution in [0, 0.1) is 4.91 Å². The minimum atomic E-state index is -0.194. The molecule has 0 unspecified atom stereocenters. The number of hydrogen-bond acceptors (Lipinski definition) is 2. The summed E-state index contributed by atoms with van der Waals surface area (Å²) in [5.41, 5.74) is 0. The second-order valence-corrected chi connectivity index (χ2v) is 1.37. The molecule has 36 valence electrons. The standard InChI is InChI=1S/C5H5NO/c7-6-5-3-1-2-4-5/h1-5H. The number of rotatable bonds is 1. The zero-order chi connectivity index (χ0) is 5.11. The molecule has 0 atom stereocenters. The van der Waals surface area contributed by atoms with E-state index in [4.69, 9.17) is 0 Å². The van der Waals surface area contributed by atoms with Crippen molar-refractivity contribution in [2.75, 3.05) is 0 Å². The molecule has 0 aromatic rings. The van der Waals surface area contributed by atoms with Gasteiger partial charge in [0, 0.05) is 0 Å². The van der Waals surface area contributed by atoms with Crippen LogP contribution in [-0.2, 0) is 0 Å². The van der Waals surface area contributed by atoms with Gasteiger partial charge in [-0.25, -0.2) is 0 Å². The van der Waals surface area contributed by atoms with E-state index in [2.05, 4.69) is 5.18 Å². The van der Waals surface area contributed by atoms with E-state index >= 15 is 0 Å². The molecule has 0 amide bonds. The summed E-state index contributed by atoms with van der Waals surface area (Å²) in [5.74, 6) is 0. The van der Waals surface area contributed by atoms with Crippen molar-refractivity contribution in [2.24, 2.45) is 5.18 Å². The molecule has 0 spiro atoms. The largest absolute Gasteiger partial charge is 0.150 e. The lowest BCUT2D eigenvalue weighted by Crippen LogP contribution is -1.85. The Morgan fingerprint density at radius 2 is 1.86 bits per heavy atom. The predicted molar refractivity (Wildman–Crippen MR) is 27.9 cm³/mol. The molecule has 0 radical (unpaired) electrons. The van der Waals surface area contributed by atoms with Gasteiger partial charge in [0.05, 0.1) is 0 Å². The predicted octanol–water partition coefficient (Wildman–Crippen LogP) is 1.25. The second kappa shape index (κ2) is 1.69. The van der Waals surface area contributed by atoms with E-state index < -0.39 is 0 Å². The molecule has 0 N–H and O–H groups in total. The Balaban J connectivity index is 2.59. The average molecular weight is 95.1 g/mol. The molecular weight excluding hydrogens is 90.1 g/mol. The van der Waals surface area contributed by atoms with Crippen molar-refractivity contribution in [3.63, 3.8) is 0 Å². The smallest absolute Gasteiger partial charge is 0.129 e. The third kappa shape index (κ3) is 0.738. The lowest BCUT2D eigenvalue weighted by molar-refractivity contribution is 1.03. The highest BCUT2D eigenvalue weighted by Crippen LogP contribution is 2.01. The topological polar surface area (TPSA) is 29.4 Å². The van der Waals surface area contributed by atoms with Crippen LogP contribution in [0.5, 0.6) is 0 Å². The summed E-state index contributed by atoms with van der Waals surface area (Å²) in [7, 11) is 0. The van der Waals surface area contributed by atoms with Gasteiger partial charge in [-0.3, -0.25) is 0 Å². The van der Waals surface area contributed by atoms with Crippen LogP contribution in [0.4, 0.5) is 0 Å². The molecule has 2 nitrogen and oxygen atoms in total. The van der Waals surface area contributed by atoms with E-state index in [-0.39, 0.29) is 6.04 Å². The summed E-state index contributed by atoms with van der Waals surface area (Å²) in [6, 6.07) is -0.194. The maximum absolute atomic E-state index is 9.65. The molecule has 7 heavy (non-hydrogen) atoms. The van der Waals surface area contributed by atoms with Crippen LogP contribution < -0.4 is 0 Å². The Labute approximate surface area is 41.5 Å². The Morgan fingerprint density at radius 3 is 2.14 bits per heavy atom.